The summed E-state index contributed by atoms with van der Waals surface area (Å²) in [6.07, 6.45) is 0. The van der Waals surface area contributed by atoms with E-state index in [0.29, 0.717) is 6.07 Å². The quantitative estimate of drug-likeness (QED) is 0.252. The molecule has 0 fully saturated rings. The van der Waals surface area contributed by atoms with Crippen LogP contribution in [0.1, 0.15) is 0 Å². The molecule has 13 heteroatoms. The van der Waals surface area contributed by atoms with Gasteiger partial charge in [0.25, 0.3) is 25.9 Å². The Bertz CT molecular complexity index is 1060. The van der Waals surface area contributed by atoms with Crippen molar-refractivity contribution < 1.29 is 30.9 Å². The lowest BCUT2D eigenvalue weighted by atomic mass is 10.2. The zero-order valence-electron chi connectivity index (χ0n) is 12.1. The second kappa shape index (κ2) is 6.29. The minimum Gasteiger partial charge on any atom is -0.398 e. The third-order valence-corrected chi connectivity index (χ3v) is 4.84. The van der Waals surface area contributed by atoms with E-state index in [0.717, 1.165) is 24.3 Å². The summed E-state index contributed by atoms with van der Waals surface area (Å²) in [6.45, 7) is 0. The number of nitrogen functional groups attached to an aromatic ring is 1. The molecule has 0 aromatic heterocycles. The first-order chi connectivity index (χ1) is 11.4. The number of hydrogen-bond donors (Lipinski definition) is 4. The van der Waals surface area contributed by atoms with Gasteiger partial charge in [0.05, 0.1) is 16.3 Å². The fourth-order valence-electron chi connectivity index (χ4n) is 1.96. The molecule has 0 aliphatic heterocycles. The van der Waals surface area contributed by atoms with Crippen molar-refractivity contribution in [2.24, 2.45) is 0 Å². The van der Waals surface area contributed by atoms with Crippen molar-refractivity contribution in [2.75, 3.05) is 11.1 Å². The van der Waals surface area contributed by atoms with Crippen LogP contribution in [0.15, 0.2) is 46.2 Å². The van der Waals surface area contributed by atoms with E-state index in [-0.39, 0.29) is 17.1 Å². The topological polar surface area (TPSA) is 190 Å². The number of anilines is 3. The summed E-state index contributed by atoms with van der Waals surface area (Å²) in [6, 6.07) is 5.97. The van der Waals surface area contributed by atoms with Crippen LogP contribution in [-0.2, 0) is 20.2 Å². The lowest BCUT2D eigenvalue weighted by Crippen LogP contribution is -2.06. The van der Waals surface area contributed by atoms with E-state index in [4.69, 9.17) is 10.3 Å². The summed E-state index contributed by atoms with van der Waals surface area (Å²) in [5, 5.41) is 13.3. The molecule has 2 aromatic rings. The number of nitro benzene ring substituents is 1. The molecule has 0 saturated carbocycles. The van der Waals surface area contributed by atoms with E-state index in [1.165, 1.54) is 6.07 Å². The monoisotopic (exact) mass is 389 g/mol. The number of rotatable bonds is 5. The molecule has 5 N–H and O–H groups in total. The predicted octanol–water partition coefficient (Wildman–Crippen LogP) is 1.41. The van der Waals surface area contributed by atoms with Gasteiger partial charge in [-0.3, -0.25) is 19.2 Å². The van der Waals surface area contributed by atoms with Gasteiger partial charge in [0.2, 0.25) is 0 Å². The molecule has 0 saturated heterocycles. The van der Waals surface area contributed by atoms with Crippen molar-refractivity contribution in [2.45, 2.75) is 9.79 Å². The molecule has 0 atom stereocenters. The van der Waals surface area contributed by atoms with Gasteiger partial charge in [-0.1, -0.05) is 0 Å². The highest BCUT2D eigenvalue weighted by molar-refractivity contribution is 7.86. The highest BCUT2D eigenvalue weighted by Crippen LogP contribution is 2.30. The maximum absolute atomic E-state index is 11.4. The van der Waals surface area contributed by atoms with E-state index >= 15 is 0 Å². The Kier molecular flexibility index (Phi) is 4.68. The van der Waals surface area contributed by atoms with Crippen molar-refractivity contribution in [1.82, 2.24) is 0 Å². The molecule has 11 nitrogen and oxygen atoms in total. The second-order valence-electron chi connectivity index (χ2n) is 4.77. The van der Waals surface area contributed by atoms with E-state index in [1.807, 2.05) is 0 Å². The number of hydrogen-bond acceptors (Lipinski definition) is 8. The van der Waals surface area contributed by atoms with Gasteiger partial charge in [-0.15, -0.1) is 0 Å². The number of non-ortho nitro benzene ring substituents is 1. The van der Waals surface area contributed by atoms with Crippen LogP contribution in [0.5, 0.6) is 0 Å². The number of nitrogens with zero attached hydrogens (tertiary/aromatic N) is 1. The normalized spacial score (nSPS) is 11.9. The second-order valence-corrected chi connectivity index (χ2v) is 7.55. The van der Waals surface area contributed by atoms with Crippen LogP contribution >= 0.6 is 0 Å². The Morgan fingerprint density at radius 3 is 2.04 bits per heavy atom. The smallest absolute Gasteiger partial charge is 0.296 e. The summed E-state index contributed by atoms with van der Waals surface area (Å²) in [4.78, 5) is 8.61. The molecule has 0 radical (unpaired) electrons. The molecule has 25 heavy (non-hydrogen) atoms. The van der Waals surface area contributed by atoms with Gasteiger partial charge in [0.15, 0.2) is 0 Å². The molecule has 0 aliphatic carbocycles. The Hall–Kier alpha value is -2.74. The van der Waals surface area contributed by atoms with E-state index in [9.17, 15) is 31.5 Å². The fraction of sp³-hybridized carbons (Fsp3) is 0. The molecule has 0 amide bonds. The summed E-state index contributed by atoms with van der Waals surface area (Å²) in [5.41, 5.74) is 4.55. The van der Waals surface area contributed by atoms with Gasteiger partial charge in [-0.25, -0.2) is 0 Å². The molecule has 0 unspecified atom stereocenters. The molecule has 0 heterocycles. The summed E-state index contributed by atoms with van der Waals surface area (Å²) in [7, 11) is -9.32. The first-order valence-corrected chi connectivity index (χ1v) is 9.17. The summed E-state index contributed by atoms with van der Waals surface area (Å²) < 4.78 is 63.2. The SMILES string of the molecule is Nc1cc(Nc2ccc([N+](=O)[O-])cc2S(=O)(=O)O)ccc1S(=O)(=O)O. The first-order valence-electron chi connectivity index (χ1n) is 6.29. The Labute approximate surface area is 141 Å². The van der Waals surface area contributed by atoms with Crippen molar-refractivity contribution in [1.29, 1.82) is 0 Å². The van der Waals surface area contributed by atoms with Crippen LogP contribution in [-0.4, -0.2) is 30.9 Å². The third kappa shape index (κ3) is 4.21. The number of nitro groups is 1. The molecule has 134 valence electrons. The van der Waals surface area contributed by atoms with E-state index in [1.54, 1.807) is 0 Å². The van der Waals surface area contributed by atoms with Crippen LogP contribution in [0.3, 0.4) is 0 Å². The number of benzene rings is 2. The highest BCUT2D eigenvalue weighted by Gasteiger charge is 2.21. The Morgan fingerprint density at radius 2 is 1.56 bits per heavy atom. The van der Waals surface area contributed by atoms with E-state index < -0.39 is 40.6 Å². The summed E-state index contributed by atoms with van der Waals surface area (Å²) >= 11 is 0. The first kappa shape index (κ1) is 18.6. The molecule has 0 aliphatic rings. The molecule has 2 rings (SSSR count). The van der Waals surface area contributed by atoms with Gasteiger partial charge >= 0.3 is 0 Å². The van der Waals surface area contributed by atoms with Gasteiger partial charge in [-0.2, -0.15) is 16.8 Å². The van der Waals surface area contributed by atoms with E-state index in [2.05, 4.69) is 5.32 Å². The van der Waals surface area contributed by atoms with Crippen LogP contribution in [0, 0.1) is 10.1 Å². The predicted molar refractivity (Wildman–Crippen MR) is 86.9 cm³/mol. The van der Waals surface area contributed by atoms with Crippen LogP contribution < -0.4 is 11.1 Å². The lowest BCUT2D eigenvalue weighted by molar-refractivity contribution is -0.385. The maximum Gasteiger partial charge on any atom is 0.296 e. The van der Waals surface area contributed by atoms with Crippen molar-refractivity contribution in [3.05, 3.63) is 46.5 Å². The number of nitrogens with one attached hydrogen (secondary N) is 1. The molecule has 0 spiro atoms. The maximum atomic E-state index is 11.4. The Morgan fingerprint density at radius 1 is 0.960 bits per heavy atom. The van der Waals surface area contributed by atoms with Crippen LogP contribution in [0.4, 0.5) is 22.7 Å². The van der Waals surface area contributed by atoms with Crippen molar-refractivity contribution in [3.8, 4) is 0 Å². The zero-order chi connectivity index (χ0) is 19.0. The van der Waals surface area contributed by atoms with Gasteiger partial charge in [-0.05, 0) is 24.3 Å². The zero-order valence-corrected chi connectivity index (χ0v) is 13.8. The van der Waals surface area contributed by atoms with Gasteiger partial charge in [0, 0.05) is 17.8 Å². The average molecular weight is 389 g/mol. The average Bonchev–Trinajstić information content (AvgIpc) is 2.44. The number of nitrogens with two attached hydrogens (primary N) is 1. The largest absolute Gasteiger partial charge is 0.398 e. The third-order valence-electron chi connectivity index (χ3n) is 3.02. The minimum atomic E-state index is -4.79. The van der Waals surface area contributed by atoms with Gasteiger partial charge < -0.3 is 11.1 Å². The van der Waals surface area contributed by atoms with Crippen LogP contribution in [0.2, 0.25) is 0 Å². The van der Waals surface area contributed by atoms with Crippen molar-refractivity contribution >= 4 is 43.0 Å². The molecular weight excluding hydrogens is 378 g/mol. The lowest BCUT2D eigenvalue weighted by Gasteiger charge is -2.12. The van der Waals surface area contributed by atoms with Crippen molar-refractivity contribution in [3.63, 3.8) is 0 Å². The minimum absolute atomic E-state index is 0.114. The Balaban J connectivity index is 2.51. The standard InChI is InChI=1S/C12H11N3O8S2/c13-9-5-7(1-4-11(9)24(18,19)20)14-10-3-2-8(15(16)17)6-12(10)25(21,22)23/h1-6,14H,13H2,(H,18,19,20)(H,21,22,23). The fourth-order valence-corrected chi connectivity index (χ4v) is 3.22. The molecular formula is C12H11N3O8S2. The highest BCUT2D eigenvalue weighted by atomic mass is 32.2. The molecule has 2 aromatic carbocycles. The van der Waals surface area contributed by atoms with Gasteiger partial charge in [0.1, 0.15) is 9.79 Å². The van der Waals surface area contributed by atoms with Crippen LogP contribution in [0.25, 0.3) is 0 Å². The summed E-state index contributed by atoms with van der Waals surface area (Å²) in [5.74, 6) is 0. The molecule has 0 bridgehead atoms.